The number of nitrogens with zero attached hydrogens (tertiary/aromatic N) is 1. The zero-order valence-electron chi connectivity index (χ0n) is 14.6. The smallest absolute Gasteiger partial charge is 0.263 e. The summed E-state index contributed by atoms with van der Waals surface area (Å²) >= 11 is 1.44. The van der Waals surface area contributed by atoms with Crippen molar-refractivity contribution in [3.63, 3.8) is 0 Å². The zero-order valence-corrected chi connectivity index (χ0v) is 16.2. The predicted molar refractivity (Wildman–Crippen MR) is 101 cm³/mol. The largest absolute Gasteiger partial charge is 0.356 e. The third-order valence-corrected chi connectivity index (χ3v) is 6.64. The minimum Gasteiger partial charge on any atom is -0.356 e. The summed E-state index contributed by atoms with van der Waals surface area (Å²) in [7, 11) is -3.75. The second kappa shape index (κ2) is 6.65. The maximum Gasteiger partial charge on any atom is 0.263 e. The number of hydrogen-bond acceptors (Lipinski definition) is 5. The van der Waals surface area contributed by atoms with Crippen molar-refractivity contribution in [1.29, 1.82) is 0 Å². The highest BCUT2D eigenvalue weighted by molar-refractivity contribution is 7.93. The van der Waals surface area contributed by atoms with Gasteiger partial charge < -0.3 is 4.52 Å². The normalized spacial score (nSPS) is 11.7. The maximum atomic E-state index is 13.1. The van der Waals surface area contributed by atoms with E-state index in [9.17, 15) is 8.42 Å². The average Bonchev–Trinajstić information content (AvgIpc) is 3.09. The molecule has 5 nitrogen and oxygen atoms in total. The van der Waals surface area contributed by atoms with Crippen molar-refractivity contribution in [2.75, 3.05) is 4.72 Å². The van der Waals surface area contributed by atoms with Crippen molar-refractivity contribution in [2.24, 2.45) is 0 Å². The van der Waals surface area contributed by atoms with Gasteiger partial charge in [0, 0.05) is 21.5 Å². The summed E-state index contributed by atoms with van der Waals surface area (Å²) in [5, 5.41) is 3.89. The number of rotatable bonds is 5. The average molecular weight is 377 g/mol. The van der Waals surface area contributed by atoms with Gasteiger partial charge in [-0.1, -0.05) is 24.2 Å². The van der Waals surface area contributed by atoms with Gasteiger partial charge in [0.15, 0.2) is 5.76 Å². The summed E-state index contributed by atoms with van der Waals surface area (Å²) in [5.41, 5.74) is 2.93. The predicted octanol–water partition coefficient (Wildman–Crippen LogP) is 4.69. The number of thiophene rings is 1. The third-order valence-electron chi connectivity index (χ3n) is 3.94. The van der Waals surface area contributed by atoms with Crippen LogP contribution in [-0.4, -0.2) is 13.6 Å². The summed E-state index contributed by atoms with van der Waals surface area (Å²) in [6.45, 7) is 7.54. The first-order valence-corrected chi connectivity index (χ1v) is 10.3. The molecule has 3 rings (SSSR count). The summed E-state index contributed by atoms with van der Waals surface area (Å²) in [6, 6.07) is 9.18. The van der Waals surface area contributed by atoms with Crippen LogP contribution >= 0.6 is 11.3 Å². The van der Waals surface area contributed by atoms with Crippen molar-refractivity contribution in [2.45, 2.75) is 39.0 Å². The van der Waals surface area contributed by atoms with Crippen molar-refractivity contribution in [3.05, 3.63) is 51.3 Å². The molecule has 3 aromatic rings. The van der Waals surface area contributed by atoms with Crippen molar-refractivity contribution in [3.8, 4) is 11.3 Å². The van der Waals surface area contributed by atoms with E-state index >= 15 is 0 Å². The highest BCUT2D eigenvalue weighted by Gasteiger charge is 2.28. The fourth-order valence-electron chi connectivity index (χ4n) is 2.81. The van der Waals surface area contributed by atoms with Crippen LogP contribution in [0.4, 0.5) is 5.69 Å². The molecule has 2 aromatic heterocycles. The first-order chi connectivity index (χ1) is 11.8. The molecule has 0 atom stereocenters. The lowest BCUT2D eigenvalue weighted by Gasteiger charge is -2.10. The van der Waals surface area contributed by atoms with E-state index in [2.05, 4.69) is 9.88 Å². The van der Waals surface area contributed by atoms with E-state index in [1.54, 1.807) is 19.1 Å². The van der Waals surface area contributed by atoms with E-state index in [1.165, 1.54) is 11.3 Å². The van der Waals surface area contributed by atoms with Gasteiger partial charge in [0.1, 0.15) is 4.90 Å². The Hall–Kier alpha value is -2.12. The van der Waals surface area contributed by atoms with Gasteiger partial charge in [0.25, 0.3) is 10.0 Å². The SMILES string of the molecule is CCc1cccc(NS(=O)(=O)c2c(C)sc(C)c2-c2cc(C)no2)c1. The van der Waals surface area contributed by atoms with Crippen LogP contribution in [-0.2, 0) is 16.4 Å². The molecular formula is C18H20N2O3S2. The Balaban J connectivity index is 2.08. The molecule has 0 unspecified atom stereocenters. The van der Waals surface area contributed by atoms with Gasteiger partial charge in [-0.05, 0) is 44.9 Å². The Bertz CT molecular complexity index is 1020. The number of benzene rings is 1. The molecule has 0 amide bonds. The minimum atomic E-state index is -3.75. The van der Waals surface area contributed by atoms with E-state index in [0.717, 1.165) is 21.7 Å². The van der Waals surface area contributed by atoms with Crippen LogP contribution in [0.15, 0.2) is 39.8 Å². The van der Waals surface area contributed by atoms with Crippen molar-refractivity contribution in [1.82, 2.24) is 5.16 Å². The molecule has 0 aliphatic rings. The van der Waals surface area contributed by atoms with Crippen LogP contribution in [0.3, 0.4) is 0 Å². The molecule has 0 aliphatic heterocycles. The van der Waals surface area contributed by atoms with Crippen LogP contribution < -0.4 is 4.72 Å². The lowest BCUT2D eigenvalue weighted by atomic mass is 10.1. The topological polar surface area (TPSA) is 72.2 Å². The summed E-state index contributed by atoms with van der Waals surface area (Å²) in [4.78, 5) is 1.87. The Morgan fingerprint density at radius 1 is 1.16 bits per heavy atom. The zero-order chi connectivity index (χ0) is 18.2. The second-order valence-electron chi connectivity index (χ2n) is 5.91. The fourth-order valence-corrected chi connectivity index (χ4v) is 5.73. The molecule has 1 N–H and O–H groups in total. The third kappa shape index (κ3) is 3.48. The van der Waals surface area contributed by atoms with E-state index in [0.29, 0.717) is 22.7 Å². The number of nitrogens with one attached hydrogen (secondary N) is 1. The van der Waals surface area contributed by atoms with Gasteiger partial charge in [-0.2, -0.15) is 0 Å². The van der Waals surface area contributed by atoms with Crippen LogP contribution in [0.2, 0.25) is 0 Å². The molecule has 7 heteroatoms. The molecule has 0 spiro atoms. The number of sulfonamides is 1. The van der Waals surface area contributed by atoms with Gasteiger partial charge in [-0.3, -0.25) is 4.72 Å². The molecule has 0 bridgehead atoms. The number of anilines is 1. The Labute approximate surface area is 151 Å². The Morgan fingerprint density at radius 3 is 2.56 bits per heavy atom. The standard InChI is InChI=1S/C18H20N2O3S2/c1-5-14-7-6-8-15(10-14)20-25(21,22)18-13(4)24-12(3)17(18)16-9-11(2)19-23-16/h6-10,20H,5H2,1-4H3. The van der Waals surface area contributed by atoms with Crippen molar-refractivity contribution >= 4 is 27.0 Å². The summed E-state index contributed by atoms with van der Waals surface area (Å²) < 4.78 is 34.2. The molecule has 0 saturated carbocycles. The minimum absolute atomic E-state index is 0.257. The van der Waals surface area contributed by atoms with Crippen LogP contribution in [0.1, 0.15) is 27.9 Å². The first kappa shape index (κ1) is 17.7. The maximum absolute atomic E-state index is 13.1. The van der Waals surface area contributed by atoms with E-state index in [-0.39, 0.29) is 4.90 Å². The number of aromatic nitrogens is 1. The first-order valence-electron chi connectivity index (χ1n) is 7.97. The molecule has 132 valence electrons. The number of aryl methyl sites for hydroxylation is 4. The highest BCUT2D eigenvalue weighted by Crippen LogP contribution is 2.39. The Kier molecular flexibility index (Phi) is 4.71. The van der Waals surface area contributed by atoms with E-state index < -0.39 is 10.0 Å². The molecule has 0 radical (unpaired) electrons. The molecule has 0 fully saturated rings. The molecule has 25 heavy (non-hydrogen) atoms. The van der Waals surface area contributed by atoms with Gasteiger partial charge in [-0.25, -0.2) is 8.42 Å². The fraction of sp³-hybridized carbons (Fsp3) is 0.278. The summed E-state index contributed by atoms with van der Waals surface area (Å²) in [6.07, 6.45) is 0.842. The van der Waals surface area contributed by atoms with Gasteiger partial charge in [-0.15, -0.1) is 11.3 Å². The molecule has 2 heterocycles. The molecule has 0 aliphatic carbocycles. The van der Waals surface area contributed by atoms with Gasteiger partial charge >= 0.3 is 0 Å². The lowest BCUT2D eigenvalue weighted by Crippen LogP contribution is -2.14. The van der Waals surface area contributed by atoms with E-state index in [1.807, 2.05) is 39.0 Å². The lowest BCUT2D eigenvalue weighted by molar-refractivity contribution is 0.426. The molecular weight excluding hydrogens is 356 g/mol. The molecule has 1 aromatic carbocycles. The monoisotopic (exact) mass is 376 g/mol. The highest BCUT2D eigenvalue weighted by atomic mass is 32.2. The van der Waals surface area contributed by atoms with Gasteiger partial charge in [0.05, 0.1) is 11.3 Å². The molecule has 0 saturated heterocycles. The van der Waals surface area contributed by atoms with Crippen molar-refractivity contribution < 1.29 is 12.9 Å². The second-order valence-corrected chi connectivity index (χ2v) is 8.96. The Morgan fingerprint density at radius 2 is 1.92 bits per heavy atom. The quantitative estimate of drug-likeness (QED) is 0.701. The van der Waals surface area contributed by atoms with Crippen LogP contribution in [0.5, 0.6) is 0 Å². The van der Waals surface area contributed by atoms with Gasteiger partial charge in [0.2, 0.25) is 0 Å². The van der Waals surface area contributed by atoms with Crippen LogP contribution in [0.25, 0.3) is 11.3 Å². The summed E-state index contributed by atoms with van der Waals surface area (Å²) in [5.74, 6) is 0.474. The van der Waals surface area contributed by atoms with E-state index in [4.69, 9.17) is 4.52 Å². The number of hydrogen-bond donors (Lipinski definition) is 1. The van der Waals surface area contributed by atoms with Crippen LogP contribution in [0, 0.1) is 20.8 Å².